The molecule has 0 aliphatic carbocycles. The second-order valence-corrected chi connectivity index (χ2v) is 14.6. The van der Waals surface area contributed by atoms with Crippen LogP contribution in [-0.4, -0.2) is 0 Å². The molecule has 2 nitrogen and oxygen atoms in total. The maximum absolute atomic E-state index is 9.25. The molecule has 0 amide bonds. The van der Waals surface area contributed by atoms with Crippen LogP contribution >= 0.6 is 136 Å². The van der Waals surface area contributed by atoms with Crippen molar-refractivity contribution in [1.82, 2.24) is 0 Å². The van der Waals surface area contributed by atoms with Crippen LogP contribution in [0.3, 0.4) is 0 Å². The first-order valence-electron chi connectivity index (χ1n) is 10.1. The first-order chi connectivity index (χ1) is 16.7. The monoisotopic (exact) mass is 1130 g/mol. The van der Waals surface area contributed by atoms with Gasteiger partial charge in [-0.2, -0.15) is 10.5 Å². The molecule has 0 bridgehead atoms. The van der Waals surface area contributed by atoms with Crippen LogP contribution in [0.5, 0.6) is 0 Å². The Labute approximate surface area is 286 Å². The first kappa shape index (κ1) is 28.3. The fraction of sp³-hybridized carbons (Fsp3) is 0.0370. The van der Waals surface area contributed by atoms with Gasteiger partial charge in [-0.1, -0.05) is 24.3 Å². The van der Waals surface area contributed by atoms with Crippen molar-refractivity contribution in [2.24, 2.45) is 0 Å². The van der Waals surface area contributed by atoms with Crippen LogP contribution < -0.4 is 0 Å². The quantitative estimate of drug-likeness (QED) is 0.191. The summed E-state index contributed by atoms with van der Waals surface area (Å²) in [4.78, 5) is 0. The number of hydrogen-bond donors (Lipinski definition) is 0. The molecule has 0 aromatic heterocycles. The third-order valence-corrected chi connectivity index (χ3v) is 10.8. The summed E-state index contributed by atoms with van der Waals surface area (Å²) in [6.07, 6.45) is 0.861. The van der Waals surface area contributed by atoms with E-state index in [9.17, 15) is 10.5 Å². The highest BCUT2D eigenvalue weighted by molar-refractivity contribution is 14.1. The van der Waals surface area contributed by atoms with Crippen LogP contribution in [0.15, 0.2) is 60.7 Å². The topological polar surface area (TPSA) is 47.6 Å². The zero-order valence-corrected chi connectivity index (χ0v) is 30.6. The summed E-state index contributed by atoms with van der Waals surface area (Å²) in [5, 5.41) is 18.5. The molecule has 8 heteroatoms. The van der Waals surface area contributed by atoms with E-state index in [1.54, 1.807) is 0 Å². The average molecular weight is 1130 g/mol. The highest BCUT2D eigenvalue weighted by atomic mass is 127. The zero-order valence-electron chi connectivity index (χ0n) is 17.6. The molecule has 35 heavy (non-hydrogen) atoms. The minimum atomic E-state index is 0.692. The van der Waals surface area contributed by atoms with Gasteiger partial charge < -0.3 is 0 Å². The van der Waals surface area contributed by atoms with Gasteiger partial charge in [-0.25, -0.2) is 0 Å². The van der Waals surface area contributed by atoms with Crippen LogP contribution in [0.4, 0.5) is 0 Å². The van der Waals surface area contributed by atoms with Gasteiger partial charge in [0, 0.05) is 32.5 Å². The Balaban J connectivity index is 1.64. The Bertz CT molecular complexity index is 1400. The van der Waals surface area contributed by atoms with E-state index in [-0.39, 0.29) is 0 Å². The predicted molar refractivity (Wildman–Crippen MR) is 192 cm³/mol. The summed E-state index contributed by atoms with van der Waals surface area (Å²) < 4.78 is 6.82. The lowest BCUT2D eigenvalue weighted by molar-refractivity contribution is 1.16. The van der Waals surface area contributed by atoms with Gasteiger partial charge in [0.05, 0.1) is 23.3 Å². The molecule has 0 fully saturated rings. The van der Waals surface area contributed by atoms with Crippen molar-refractivity contribution < 1.29 is 0 Å². The summed E-state index contributed by atoms with van der Waals surface area (Å²) in [5.41, 5.74) is 8.68. The lowest BCUT2D eigenvalue weighted by Gasteiger charge is -2.14. The molecule has 0 unspecified atom stereocenters. The Morgan fingerprint density at radius 2 is 0.829 bits per heavy atom. The predicted octanol–water partition coefficient (Wildman–Crippen LogP) is 9.98. The molecular formula is C27H12I6N2. The molecule has 0 atom stereocenters. The van der Waals surface area contributed by atoms with E-state index in [1.165, 1.54) is 40.5 Å². The van der Waals surface area contributed by atoms with Crippen molar-refractivity contribution in [3.8, 4) is 34.4 Å². The fourth-order valence-corrected chi connectivity index (χ4v) is 9.92. The van der Waals surface area contributed by atoms with Crippen LogP contribution in [0.25, 0.3) is 22.3 Å². The number of halogens is 6. The molecule has 0 aliphatic heterocycles. The van der Waals surface area contributed by atoms with Crippen molar-refractivity contribution in [2.45, 2.75) is 6.42 Å². The molecule has 0 aliphatic rings. The highest BCUT2D eigenvalue weighted by Gasteiger charge is 2.15. The fourth-order valence-electron chi connectivity index (χ4n) is 3.72. The van der Waals surface area contributed by atoms with Gasteiger partial charge in [0.15, 0.2) is 0 Å². The van der Waals surface area contributed by atoms with Crippen molar-refractivity contribution in [3.05, 3.63) is 104 Å². The van der Waals surface area contributed by atoms with E-state index < -0.39 is 0 Å². The van der Waals surface area contributed by atoms with Crippen molar-refractivity contribution >= 4 is 136 Å². The van der Waals surface area contributed by atoms with Gasteiger partial charge in [0.1, 0.15) is 0 Å². The number of nitrogens with zero attached hydrogens (tertiary/aromatic N) is 2. The van der Waals surface area contributed by atoms with Gasteiger partial charge in [-0.15, -0.1) is 0 Å². The Hall–Kier alpha value is 0.240. The molecule has 4 aromatic rings. The van der Waals surface area contributed by atoms with Gasteiger partial charge >= 0.3 is 0 Å². The first-order valence-corrected chi connectivity index (χ1v) is 16.5. The Morgan fingerprint density at radius 1 is 0.486 bits per heavy atom. The van der Waals surface area contributed by atoms with Crippen LogP contribution in [0.1, 0.15) is 22.3 Å². The molecule has 4 rings (SSSR count). The smallest absolute Gasteiger partial charge is 0.0992 e. The molecule has 0 heterocycles. The Morgan fingerprint density at radius 3 is 1.11 bits per heavy atom. The minimum absolute atomic E-state index is 0.692. The summed E-state index contributed by atoms with van der Waals surface area (Å²) in [7, 11) is 0. The van der Waals surface area contributed by atoms with Crippen LogP contribution in [0.2, 0.25) is 0 Å². The van der Waals surface area contributed by atoms with Gasteiger partial charge in [-0.3, -0.25) is 0 Å². The lowest BCUT2D eigenvalue weighted by Crippen LogP contribution is -1.98. The van der Waals surface area contributed by atoms with E-state index >= 15 is 0 Å². The lowest BCUT2D eigenvalue weighted by atomic mass is 9.98. The zero-order chi connectivity index (χ0) is 25.3. The molecule has 0 saturated heterocycles. The SMILES string of the molecule is N#Cc1cc(I)c(-c2ccc(Cc3ccc(-c4c(I)cc(C#N)cc4I)cc3I)c(I)c2)c(I)c1. The molecule has 4 aromatic carbocycles. The van der Waals surface area contributed by atoms with Gasteiger partial charge in [-0.05, 0) is 201 Å². The highest BCUT2D eigenvalue weighted by Crippen LogP contribution is 2.35. The second kappa shape index (κ2) is 12.4. The summed E-state index contributed by atoms with van der Waals surface area (Å²) in [5.74, 6) is 0. The number of rotatable bonds is 4. The molecular weight excluding hydrogens is 1110 g/mol. The van der Waals surface area contributed by atoms with Crippen LogP contribution in [-0.2, 0) is 6.42 Å². The molecule has 0 radical (unpaired) electrons. The van der Waals surface area contributed by atoms with E-state index in [0.717, 1.165) is 20.7 Å². The number of nitriles is 2. The normalized spacial score (nSPS) is 10.6. The number of benzene rings is 4. The van der Waals surface area contributed by atoms with E-state index in [2.05, 4.69) is 184 Å². The maximum atomic E-state index is 9.25. The summed E-state index contributed by atoms with van der Waals surface area (Å²) in [6, 6.07) is 25.5. The third kappa shape index (κ3) is 6.46. The summed E-state index contributed by atoms with van der Waals surface area (Å²) >= 11 is 14.2. The Kier molecular flexibility index (Phi) is 10.0. The number of hydrogen-bond acceptors (Lipinski definition) is 2. The average Bonchev–Trinajstić information content (AvgIpc) is 2.81. The molecule has 172 valence electrons. The third-order valence-electron chi connectivity index (χ3n) is 5.41. The van der Waals surface area contributed by atoms with Crippen LogP contribution in [0, 0.1) is 44.1 Å². The van der Waals surface area contributed by atoms with Gasteiger partial charge in [0.25, 0.3) is 0 Å². The minimum Gasteiger partial charge on any atom is -0.192 e. The van der Waals surface area contributed by atoms with E-state index in [4.69, 9.17) is 0 Å². The summed E-state index contributed by atoms with van der Waals surface area (Å²) in [6.45, 7) is 0. The van der Waals surface area contributed by atoms with E-state index in [0.29, 0.717) is 11.1 Å². The van der Waals surface area contributed by atoms with Crippen molar-refractivity contribution in [3.63, 3.8) is 0 Å². The molecule has 0 N–H and O–H groups in total. The van der Waals surface area contributed by atoms with Crippen molar-refractivity contribution in [2.75, 3.05) is 0 Å². The maximum Gasteiger partial charge on any atom is 0.0992 e. The molecule has 0 spiro atoms. The second-order valence-electron chi connectivity index (χ2n) is 7.64. The van der Waals surface area contributed by atoms with Crippen molar-refractivity contribution in [1.29, 1.82) is 10.5 Å². The largest absolute Gasteiger partial charge is 0.192 e. The standard InChI is InChI=1S/C27H12I6N2/c28-20-10-18(26-22(30)5-14(12-34)6-23(26)31)3-1-16(20)9-17-2-4-19(11-21(17)29)27-24(32)7-15(13-35)8-25(27)33/h1-8,10-11H,9H2. The van der Waals surface area contributed by atoms with Gasteiger partial charge in [0.2, 0.25) is 0 Å². The van der Waals surface area contributed by atoms with E-state index in [1.807, 2.05) is 24.3 Å². The molecule has 0 saturated carbocycles.